The van der Waals surface area contributed by atoms with Crippen molar-refractivity contribution >= 4 is 30.7 Å². The molecule has 0 radical (unpaired) electrons. The van der Waals surface area contributed by atoms with Crippen LogP contribution in [0.5, 0.6) is 0 Å². The van der Waals surface area contributed by atoms with Gasteiger partial charge in [-0.3, -0.25) is 9.78 Å². The Balaban J connectivity index is 0.00000200. The van der Waals surface area contributed by atoms with Gasteiger partial charge < -0.3 is 14.7 Å². The number of amides is 1. The zero-order valence-electron chi connectivity index (χ0n) is 11.8. The van der Waals surface area contributed by atoms with Gasteiger partial charge in [0.25, 0.3) is 5.91 Å². The minimum atomic E-state index is -0.190. The molecule has 8 heteroatoms. The van der Waals surface area contributed by atoms with Gasteiger partial charge in [-0.15, -0.1) is 24.8 Å². The summed E-state index contributed by atoms with van der Waals surface area (Å²) in [5.41, 5.74) is 1.24. The molecule has 1 N–H and O–H groups in total. The number of nitrogens with zero attached hydrogens (tertiary/aromatic N) is 3. The predicted octanol–water partition coefficient (Wildman–Crippen LogP) is 1.87. The van der Waals surface area contributed by atoms with Crippen LogP contribution in [0.15, 0.2) is 35.0 Å². The minimum Gasteiger partial charge on any atom is -0.350 e. The van der Waals surface area contributed by atoms with Gasteiger partial charge in [0.2, 0.25) is 5.76 Å². The Morgan fingerprint density at radius 3 is 2.71 bits per heavy atom. The lowest BCUT2D eigenvalue weighted by atomic mass is 10.2. The van der Waals surface area contributed by atoms with Crippen LogP contribution >= 0.6 is 24.8 Å². The van der Waals surface area contributed by atoms with E-state index in [0.717, 1.165) is 6.54 Å². The lowest BCUT2D eigenvalue weighted by Crippen LogP contribution is -2.32. The minimum absolute atomic E-state index is 0. The Hall–Kier alpha value is -1.63. The number of aromatic nitrogens is 2. The van der Waals surface area contributed by atoms with Crippen molar-refractivity contribution in [3.8, 4) is 11.4 Å². The molecule has 0 aliphatic rings. The second-order valence-corrected chi connectivity index (χ2v) is 4.12. The fraction of sp³-hybridized carbons (Fsp3) is 0.308. The SMILES string of the molecule is CNCCN(C)C(=O)c1cc(-c2ccccn2)no1.Cl.Cl. The first-order valence-electron chi connectivity index (χ1n) is 6.00. The number of carbonyl (C=O) groups is 1. The molecule has 0 aliphatic heterocycles. The topological polar surface area (TPSA) is 71.3 Å². The molecule has 6 nitrogen and oxygen atoms in total. The molecule has 2 aromatic rings. The second kappa shape index (κ2) is 9.33. The van der Waals surface area contributed by atoms with E-state index in [2.05, 4.69) is 15.5 Å². The third kappa shape index (κ3) is 5.00. The number of pyridine rings is 1. The van der Waals surface area contributed by atoms with E-state index in [4.69, 9.17) is 4.52 Å². The second-order valence-electron chi connectivity index (χ2n) is 4.12. The summed E-state index contributed by atoms with van der Waals surface area (Å²) in [6, 6.07) is 7.11. The van der Waals surface area contributed by atoms with Gasteiger partial charge in [-0.25, -0.2) is 0 Å². The molecule has 1 amide bonds. The van der Waals surface area contributed by atoms with Gasteiger partial charge in [0, 0.05) is 32.4 Å². The normalized spacial score (nSPS) is 9.43. The molecule has 0 unspecified atom stereocenters. The summed E-state index contributed by atoms with van der Waals surface area (Å²) in [6.45, 7) is 1.33. The van der Waals surface area contributed by atoms with Crippen LogP contribution in [0, 0.1) is 0 Å². The third-order valence-electron chi connectivity index (χ3n) is 2.69. The molecular weight excluding hydrogens is 315 g/mol. The Morgan fingerprint density at radius 1 is 1.33 bits per heavy atom. The van der Waals surface area contributed by atoms with E-state index in [-0.39, 0.29) is 36.5 Å². The molecule has 21 heavy (non-hydrogen) atoms. The summed E-state index contributed by atoms with van der Waals surface area (Å²) in [5.74, 6) is 0.0317. The molecule has 0 aliphatic carbocycles. The average Bonchev–Trinajstić information content (AvgIpc) is 2.94. The number of hydrogen-bond donors (Lipinski definition) is 1. The fourth-order valence-corrected chi connectivity index (χ4v) is 1.58. The van der Waals surface area contributed by atoms with Crippen LogP contribution in [0.25, 0.3) is 11.4 Å². The molecule has 2 rings (SSSR count). The van der Waals surface area contributed by atoms with E-state index in [1.165, 1.54) is 0 Å². The standard InChI is InChI=1S/C13H16N4O2.2ClH/c1-14-7-8-17(2)13(18)12-9-11(16-19-12)10-5-3-4-6-15-10;;/h3-6,9,14H,7-8H2,1-2H3;2*1H. The number of rotatable bonds is 5. The van der Waals surface area contributed by atoms with Crippen molar-refractivity contribution in [2.24, 2.45) is 0 Å². The van der Waals surface area contributed by atoms with Crippen molar-refractivity contribution in [2.75, 3.05) is 27.2 Å². The van der Waals surface area contributed by atoms with Crippen LogP contribution in [0.1, 0.15) is 10.6 Å². The molecule has 0 aromatic carbocycles. The summed E-state index contributed by atoms with van der Waals surface area (Å²) in [6.07, 6.45) is 1.67. The molecular formula is C13H18Cl2N4O2. The van der Waals surface area contributed by atoms with E-state index in [9.17, 15) is 4.79 Å². The molecule has 116 valence electrons. The van der Waals surface area contributed by atoms with Gasteiger partial charge in [0.1, 0.15) is 5.69 Å². The van der Waals surface area contributed by atoms with E-state index in [1.54, 1.807) is 24.2 Å². The summed E-state index contributed by atoms with van der Waals surface area (Å²) in [7, 11) is 3.56. The number of carbonyl (C=O) groups excluding carboxylic acids is 1. The van der Waals surface area contributed by atoms with Crippen molar-refractivity contribution in [2.45, 2.75) is 0 Å². The maximum Gasteiger partial charge on any atom is 0.292 e. The summed E-state index contributed by atoms with van der Waals surface area (Å²) in [4.78, 5) is 17.8. The summed E-state index contributed by atoms with van der Waals surface area (Å²) < 4.78 is 5.08. The molecule has 0 atom stereocenters. The first-order valence-corrected chi connectivity index (χ1v) is 6.00. The van der Waals surface area contributed by atoms with Crippen LogP contribution in [0.3, 0.4) is 0 Å². The maximum absolute atomic E-state index is 12.0. The van der Waals surface area contributed by atoms with Crippen LogP contribution in [-0.4, -0.2) is 48.1 Å². The first kappa shape index (κ1) is 19.4. The van der Waals surface area contributed by atoms with E-state index >= 15 is 0 Å². The number of halogens is 2. The van der Waals surface area contributed by atoms with Crippen LogP contribution in [-0.2, 0) is 0 Å². The Labute approximate surface area is 135 Å². The van der Waals surface area contributed by atoms with Crippen molar-refractivity contribution < 1.29 is 9.32 Å². The molecule has 2 heterocycles. The van der Waals surface area contributed by atoms with Gasteiger partial charge in [-0.1, -0.05) is 11.2 Å². The zero-order valence-corrected chi connectivity index (χ0v) is 13.4. The Kier molecular flexibility index (Phi) is 8.61. The van der Waals surface area contributed by atoms with Gasteiger partial charge in [-0.2, -0.15) is 0 Å². The molecule has 0 spiro atoms. The van der Waals surface area contributed by atoms with Crippen molar-refractivity contribution in [1.29, 1.82) is 0 Å². The largest absolute Gasteiger partial charge is 0.350 e. The summed E-state index contributed by atoms with van der Waals surface area (Å²) >= 11 is 0. The smallest absolute Gasteiger partial charge is 0.292 e. The van der Waals surface area contributed by atoms with Gasteiger partial charge in [0.05, 0.1) is 5.69 Å². The highest BCUT2D eigenvalue weighted by molar-refractivity contribution is 5.92. The van der Waals surface area contributed by atoms with E-state index in [0.29, 0.717) is 17.9 Å². The Bertz CT molecular complexity index is 548. The number of likely N-dealkylation sites (N-methyl/N-ethyl adjacent to an activating group) is 2. The number of hydrogen-bond acceptors (Lipinski definition) is 5. The van der Waals surface area contributed by atoms with Gasteiger partial charge in [0.15, 0.2) is 0 Å². The molecule has 0 saturated carbocycles. The molecule has 0 saturated heterocycles. The number of nitrogens with one attached hydrogen (secondary N) is 1. The van der Waals surface area contributed by atoms with E-state index in [1.807, 2.05) is 25.2 Å². The molecule has 0 bridgehead atoms. The third-order valence-corrected chi connectivity index (χ3v) is 2.69. The Morgan fingerprint density at radius 2 is 2.10 bits per heavy atom. The molecule has 2 aromatic heterocycles. The monoisotopic (exact) mass is 332 g/mol. The van der Waals surface area contributed by atoms with Gasteiger partial charge in [-0.05, 0) is 19.2 Å². The maximum atomic E-state index is 12.0. The van der Waals surface area contributed by atoms with Crippen LogP contribution < -0.4 is 5.32 Å². The summed E-state index contributed by atoms with van der Waals surface area (Å²) in [5, 5.41) is 6.86. The van der Waals surface area contributed by atoms with Gasteiger partial charge >= 0.3 is 0 Å². The van der Waals surface area contributed by atoms with Crippen LogP contribution in [0.2, 0.25) is 0 Å². The average molecular weight is 333 g/mol. The van der Waals surface area contributed by atoms with Crippen LogP contribution in [0.4, 0.5) is 0 Å². The first-order chi connectivity index (χ1) is 9.22. The fourth-order valence-electron chi connectivity index (χ4n) is 1.58. The lowest BCUT2D eigenvalue weighted by molar-refractivity contribution is 0.0755. The quantitative estimate of drug-likeness (QED) is 0.904. The highest BCUT2D eigenvalue weighted by atomic mass is 35.5. The van der Waals surface area contributed by atoms with Crippen molar-refractivity contribution in [1.82, 2.24) is 20.4 Å². The molecule has 0 fully saturated rings. The van der Waals surface area contributed by atoms with Crippen molar-refractivity contribution in [3.63, 3.8) is 0 Å². The highest BCUT2D eigenvalue weighted by Gasteiger charge is 2.17. The zero-order chi connectivity index (χ0) is 13.7. The predicted molar refractivity (Wildman–Crippen MR) is 85.1 cm³/mol. The van der Waals surface area contributed by atoms with E-state index < -0.39 is 0 Å². The lowest BCUT2D eigenvalue weighted by Gasteiger charge is -2.14. The van der Waals surface area contributed by atoms with Crippen molar-refractivity contribution in [3.05, 3.63) is 36.2 Å². The highest BCUT2D eigenvalue weighted by Crippen LogP contribution is 2.16.